The van der Waals surface area contributed by atoms with Crippen molar-refractivity contribution in [3.63, 3.8) is 0 Å². The van der Waals surface area contributed by atoms with Crippen molar-refractivity contribution in [2.45, 2.75) is 23.6 Å². The topological polar surface area (TPSA) is 95.9 Å². The van der Waals surface area contributed by atoms with Gasteiger partial charge in [0.05, 0.1) is 0 Å². The van der Waals surface area contributed by atoms with E-state index < -0.39 is 29.3 Å². The second-order valence-electron chi connectivity index (χ2n) is 7.91. The highest BCUT2D eigenvalue weighted by Gasteiger charge is 2.33. The smallest absolute Gasteiger partial charge is 0.407 e. The summed E-state index contributed by atoms with van der Waals surface area (Å²) in [4.78, 5) is 38.3. The summed E-state index contributed by atoms with van der Waals surface area (Å²) in [5.41, 5.74) is 4.43. The van der Waals surface area contributed by atoms with Gasteiger partial charge in [0.2, 0.25) is 5.91 Å². The minimum absolute atomic E-state index is 0.00951. The lowest BCUT2D eigenvalue weighted by molar-refractivity contribution is -0.138. The maximum atomic E-state index is 12.9. The molecule has 1 saturated heterocycles. The van der Waals surface area contributed by atoms with E-state index in [1.807, 2.05) is 36.4 Å². The molecule has 0 bridgehead atoms. The van der Waals surface area contributed by atoms with Crippen molar-refractivity contribution in [2.75, 3.05) is 25.4 Å². The van der Waals surface area contributed by atoms with Crippen LogP contribution in [0.3, 0.4) is 0 Å². The Labute approximate surface area is 196 Å². The zero-order valence-corrected chi connectivity index (χ0v) is 18.7. The molecule has 2 aromatic carbocycles. The van der Waals surface area contributed by atoms with E-state index in [4.69, 9.17) is 11.2 Å². The van der Waals surface area contributed by atoms with Crippen molar-refractivity contribution in [1.29, 1.82) is 0 Å². The normalized spacial score (nSPS) is 17.9. The molecule has 0 spiro atoms. The molecule has 7 nitrogen and oxygen atoms in total. The largest absolute Gasteiger partial charge is 0.480 e. The van der Waals surface area contributed by atoms with Crippen LogP contribution in [-0.2, 0) is 14.3 Å². The van der Waals surface area contributed by atoms with Gasteiger partial charge >= 0.3 is 12.1 Å². The molecule has 170 valence electrons. The van der Waals surface area contributed by atoms with Gasteiger partial charge < -0.3 is 20.1 Å². The maximum absolute atomic E-state index is 12.9. The first kappa shape index (κ1) is 22.7. The first-order valence-electron chi connectivity index (χ1n) is 10.7. The molecular weight excluding hydrogens is 440 g/mol. The van der Waals surface area contributed by atoms with Crippen molar-refractivity contribution in [2.24, 2.45) is 0 Å². The molecule has 0 saturated carbocycles. The molecule has 4 rings (SSSR count). The fourth-order valence-corrected chi connectivity index (χ4v) is 5.36. The lowest BCUT2D eigenvalue weighted by Crippen LogP contribution is -2.53. The highest BCUT2D eigenvalue weighted by Crippen LogP contribution is 2.44. The molecule has 33 heavy (non-hydrogen) atoms. The lowest BCUT2D eigenvalue weighted by Gasteiger charge is -2.32. The second kappa shape index (κ2) is 10.0. The first-order chi connectivity index (χ1) is 16.0. The number of rotatable bonds is 6. The number of fused-ring (bicyclic) bond motifs is 3. The van der Waals surface area contributed by atoms with Crippen LogP contribution in [0.4, 0.5) is 4.79 Å². The van der Waals surface area contributed by atoms with E-state index in [-0.39, 0.29) is 25.5 Å². The van der Waals surface area contributed by atoms with Crippen molar-refractivity contribution >= 4 is 29.7 Å². The molecule has 2 aliphatic rings. The molecule has 2 aromatic rings. The molecule has 2 unspecified atom stereocenters. The number of hydrogen-bond acceptors (Lipinski definition) is 5. The summed E-state index contributed by atoms with van der Waals surface area (Å²) in [5, 5.41) is 11.1. The number of benzene rings is 2. The molecule has 1 heterocycles. The van der Waals surface area contributed by atoms with Gasteiger partial charge in [-0.1, -0.05) is 48.5 Å². The van der Waals surface area contributed by atoms with E-state index in [2.05, 4.69) is 23.4 Å². The lowest BCUT2D eigenvalue weighted by atomic mass is 9.98. The Kier molecular flexibility index (Phi) is 6.90. The van der Waals surface area contributed by atoms with Crippen molar-refractivity contribution in [1.82, 2.24) is 10.2 Å². The minimum Gasteiger partial charge on any atom is -0.480 e. The number of amides is 2. The van der Waals surface area contributed by atoms with Gasteiger partial charge in [0.15, 0.2) is 0 Å². The Balaban J connectivity index is 1.40. The van der Waals surface area contributed by atoms with Gasteiger partial charge in [-0.25, -0.2) is 4.79 Å². The minimum atomic E-state index is -0.969. The quantitative estimate of drug-likeness (QED) is 0.639. The van der Waals surface area contributed by atoms with Crippen LogP contribution in [0.25, 0.3) is 11.1 Å². The third-order valence-corrected chi connectivity index (χ3v) is 7.08. The summed E-state index contributed by atoms with van der Waals surface area (Å²) < 4.78 is 5.53. The number of thioether (sulfide) groups is 1. The van der Waals surface area contributed by atoms with Crippen LogP contribution < -0.4 is 5.32 Å². The zero-order chi connectivity index (χ0) is 23.4. The molecule has 2 atom stereocenters. The van der Waals surface area contributed by atoms with Crippen LogP contribution in [-0.4, -0.2) is 64.7 Å². The predicted octanol–water partition coefficient (Wildman–Crippen LogP) is 2.95. The number of nitrogens with zero attached hydrogens (tertiary/aromatic N) is 1. The number of ether oxygens (including phenoxy) is 1. The van der Waals surface area contributed by atoms with Crippen LogP contribution in [0, 0.1) is 12.3 Å². The van der Waals surface area contributed by atoms with Gasteiger partial charge in [0.25, 0.3) is 0 Å². The fourth-order valence-electron chi connectivity index (χ4n) is 4.32. The molecule has 8 heteroatoms. The molecule has 0 radical (unpaired) electrons. The molecule has 0 aromatic heterocycles. The van der Waals surface area contributed by atoms with Crippen molar-refractivity contribution in [3.8, 4) is 23.5 Å². The Morgan fingerprint density at radius 1 is 1.15 bits per heavy atom. The summed E-state index contributed by atoms with van der Waals surface area (Å²) in [5.74, 6) is 1.47. The number of carboxylic acid groups (broad SMARTS) is 1. The number of carbonyl (C=O) groups excluding carboxylic acids is 2. The zero-order valence-electron chi connectivity index (χ0n) is 17.9. The average molecular weight is 465 g/mol. The molecule has 1 fully saturated rings. The van der Waals surface area contributed by atoms with E-state index in [0.29, 0.717) is 12.3 Å². The number of alkyl carbamates (subject to hydrolysis) is 1. The van der Waals surface area contributed by atoms with Crippen LogP contribution in [0.1, 0.15) is 23.5 Å². The van der Waals surface area contributed by atoms with E-state index in [0.717, 1.165) is 22.3 Å². The van der Waals surface area contributed by atoms with Gasteiger partial charge in [-0.05, 0) is 22.3 Å². The average Bonchev–Trinajstić information content (AvgIpc) is 3.16. The maximum Gasteiger partial charge on any atom is 0.407 e. The van der Waals surface area contributed by atoms with Gasteiger partial charge in [0.1, 0.15) is 17.9 Å². The summed E-state index contributed by atoms with van der Waals surface area (Å²) >= 11 is 1.30. The number of terminal acetylenes is 1. The first-order valence-corrected chi connectivity index (χ1v) is 11.7. The highest BCUT2D eigenvalue weighted by atomic mass is 32.2. The van der Waals surface area contributed by atoms with Crippen LogP contribution in [0.5, 0.6) is 0 Å². The second-order valence-corrected chi connectivity index (χ2v) is 9.22. The van der Waals surface area contributed by atoms with E-state index in [1.54, 1.807) is 0 Å². The Hall–Kier alpha value is -3.44. The monoisotopic (exact) mass is 464 g/mol. The molecule has 2 N–H and O–H groups in total. The Bertz CT molecular complexity index is 1070. The van der Waals surface area contributed by atoms with Crippen LogP contribution >= 0.6 is 11.8 Å². The van der Waals surface area contributed by atoms with Gasteiger partial charge in [-0.2, -0.15) is 0 Å². The number of carboxylic acids is 1. The van der Waals surface area contributed by atoms with Crippen LogP contribution in [0.15, 0.2) is 48.5 Å². The third-order valence-electron chi connectivity index (χ3n) is 5.91. The number of nitrogens with one attached hydrogen (secondary N) is 1. The molecule has 2 amide bonds. The standard InChI is InChI=1S/C25H24N2O5S/c1-2-7-21(23(28)27-12-13-33-22(14-27)24(29)30)26-25(31)32-15-20-18-10-5-3-8-16(18)17-9-4-6-11-19(17)20/h1,3-6,8-11,20-22H,7,12-15H2,(H,26,31)(H,29,30). The summed E-state index contributed by atoms with van der Waals surface area (Å²) in [6.45, 7) is 0.602. The molecular formula is C25H24N2O5S. The van der Waals surface area contributed by atoms with E-state index in [1.165, 1.54) is 16.7 Å². The molecule has 1 aliphatic carbocycles. The number of carbonyl (C=O) groups is 3. The van der Waals surface area contributed by atoms with E-state index >= 15 is 0 Å². The summed E-state index contributed by atoms with van der Waals surface area (Å²) in [6.07, 6.45) is 4.68. The number of hydrogen-bond donors (Lipinski definition) is 2. The highest BCUT2D eigenvalue weighted by molar-refractivity contribution is 8.00. The number of aliphatic carboxylic acids is 1. The van der Waals surface area contributed by atoms with Crippen LogP contribution in [0.2, 0.25) is 0 Å². The predicted molar refractivity (Wildman–Crippen MR) is 126 cm³/mol. The fraction of sp³-hybridized carbons (Fsp3) is 0.320. The summed E-state index contributed by atoms with van der Waals surface area (Å²) in [7, 11) is 0. The third kappa shape index (κ3) is 4.83. The Morgan fingerprint density at radius 2 is 1.79 bits per heavy atom. The van der Waals surface area contributed by atoms with Gasteiger partial charge in [-0.15, -0.1) is 24.1 Å². The summed E-state index contributed by atoms with van der Waals surface area (Å²) in [6, 6.07) is 15.1. The SMILES string of the molecule is C#CCC(NC(=O)OCC1c2ccccc2-c2ccccc21)C(=O)N1CCSC(C(=O)O)C1. The van der Waals surface area contributed by atoms with Crippen molar-refractivity contribution in [3.05, 3.63) is 59.7 Å². The van der Waals surface area contributed by atoms with E-state index in [9.17, 15) is 19.5 Å². The molecule has 1 aliphatic heterocycles. The van der Waals surface area contributed by atoms with Gasteiger partial charge in [0, 0.05) is 31.2 Å². The van der Waals surface area contributed by atoms with Crippen molar-refractivity contribution < 1.29 is 24.2 Å². The van der Waals surface area contributed by atoms with Gasteiger partial charge in [-0.3, -0.25) is 9.59 Å². The Morgan fingerprint density at radius 3 is 2.39 bits per heavy atom.